The first-order valence-corrected chi connectivity index (χ1v) is 11.2. The lowest BCUT2D eigenvalue weighted by Gasteiger charge is -2.17. The topological polar surface area (TPSA) is 53.2 Å². The van der Waals surface area contributed by atoms with E-state index in [0.717, 1.165) is 25.0 Å². The summed E-state index contributed by atoms with van der Waals surface area (Å²) in [7, 11) is 0. The second-order valence-electron chi connectivity index (χ2n) is 6.38. The average molecular weight is 580 g/mol. The number of rotatable bonds is 5. The highest BCUT2D eigenvalue weighted by Gasteiger charge is 2.10. The SMILES string of the molecule is CC(NC(=S)Nc1ccc(NC(=O)c2ccccc2I)cc1)c1ccc(Br)cc1. The van der Waals surface area contributed by atoms with Gasteiger partial charge in [0, 0.05) is 19.4 Å². The minimum absolute atomic E-state index is 0.0787. The molecule has 4 nitrogen and oxygen atoms in total. The molecule has 3 aromatic rings. The Hall–Kier alpha value is -1.97. The fourth-order valence-electron chi connectivity index (χ4n) is 2.68. The van der Waals surface area contributed by atoms with E-state index in [1.807, 2.05) is 60.7 Å². The molecule has 1 unspecified atom stereocenters. The van der Waals surface area contributed by atoms with Gasteiger partial charge in [-0.05, 0) is 95.8 Å². The molecule has 0 aliphatic heterocycles. The molecular formula is C22H19BrIN3OS. The molecule has 7 heteroatoms. The molecule has 0 saturated heterocycles. The lowest BCUT2D eigenvalue weighted by molar-refractivity contribution is 0.102. The number of hydrogen-bond donors (Lipinski definition) is 3. The molecule has 1 amide bonds. The lowest BCUT2D eigenvalue weighted by Crippen LogP contribution is -2.30. The number of hydrogen-bond acceptors (Lipinski definition) is 2. The first-order valence-electron chi connectivity index (χ1n) is 8.91. The van der Waals surface area contributed by atoms with E-state index < -0.39 is 0 Å². The summed E-state index contributed by atoms with van der Waals surface area (Å²) < 4.78 is 1.96. The third kappa shape index (κ3) is 6.25. The Morgan fingerprint density at radius 1 is 0.931 bits per heavy atom. The van der Waals surface area contributed by atoms with Crippen LogP contribution in [0.15, 0.2) is 77.3 Å². The van der Waals surface area contributed by atoms with Crippen molar-refractivity contribution in [2.45, 2.75) is 13.0 Å². The second kappa shape index (κ2) is 10.2. The van der Waals surface area contributed by atoms with Gasteiger partial charge in [-0.15, -0.1) is 0 Å². The van der Waals surface area contributed by atoms with Gasteiger partial charge in [0.15, 0.2) is 5.11 Å². The normalized spacial score (nSPS) is 11.4. The smallest absolute Gasteiger partial charge is 0.256 e. The second-order valence-corrected chi connectivity index (χ2v) is 8.87. The fraction of sp³-hybridized carbons (Fsp3) is 0.0909. The third-order valence-corrected chi connectivity index (χ3v) is 5.93. The van der Waals surface area contributed by atoms with Crippen molar-refractivity contribution in [2.24, 2.45) is 0 Å². The minimum atomic E-state index is -0.129. The van der Waals surface area contributed by atoms with Gasteiger partial charge in [0.25, 0.3) is 5.91 Å². The van der Waals surface area contributed by atoms with Crippen LogP contribution < -0.4 is 16.0 Å². The van der Waals surface area contributed by atoms with E-state index in [-0.39, 0.29) is 11.9 Å². The monoisotopic (exact) mass is 579 g/mol. The summed E-state index contributed by atoms with van der Waals surface area (Å²) >= 11 is 11.0. The van der Waals surface area contributed by atoms with Gasteiger partial charge in [-0.2, -0.15) is 0 Å². The summed E-state index contributed by atoms with van der Waals surface area (Å²) in [5.74, 6) is -0.129. The average Bonchev–Trinajstić information content (AvgIpc) is 2.70. The molecule has 0 aliphatic rings. The summed E-state index contributed by atoms with van der Waals surface area (Å²) in [5.41, 5.74) is 3.37. The summed E-state index contributed by atoms with van der Waals surface area (Å²) in [5, 5.41) is 9.90. The highest BCUT2D eigenvalue weighted by atomic mass is 127. The first-order chi connectivity index (χ1) is 13.9. The first kappa shape index (κ1) is 21.7. The number of carbonyl (C=O) groups is 1. The van der Waals surface area contributed by atoms with Crippen LogP contribution >= 0.6 is 50.7 Å². The van der Waals surface area contributed by atoms with Crippen molar-refractivity contribution >= 4 is 73.1 Å². The molecule has 0 spiro atoms. The van der Waals surface area contributed by atoms with Crippen molar-refractivity contribution in [2.75, 3.05) is 10.6 Å². The quantitative estimate of drug-likeness (QED) is 0.243. The molecule has 0 aromatic heterocycles. The van der Waals surface area contributed by atoms with Gasteiger partial charge in [0.2, 0.25) is 0 Å². The van der Waals surface area contributed by atoms with Crippen molar-refractivity contribution in [3.8, 4) is 0 Å². The van der Waals surface area contributed by atoms with Crippen LogP contribution in [0.1, 0.15) is 28.9 Å². The van der Waals surface area contributed by atoms with Crippen LogP contribution in [0.5, 0.6) is 0 Å². The third-order valence-electron chi connectivity index (χ3n) is 4.24. The fourth-order valence-corrected chi connectivity index (χ4v) is 3.87. The molecule has 148 valence electrons. The Bertz CT molecular complexity index is 1010. The van der Waals surface area contributed by atoms with Crippen molar-refractivity contribution in [3.63, 3.8) is 0 Å². The Balaban J connectivity index is 1.56. The maximum absolute atomic E-state index is 12.4. The molecule has 1 atom stereocenters. The van der Waals surface area contributed by atoms with Gasteiger partial charge in [-0.25, -0.2) is 0 Å². The number of nitrogens with one attached hydrogen (secondary N) is 3. The number of amides is 1. The van der Waals surface area contributed by atoms with Crippen LogP contribution in [-0.4, -0.2) is 11.0 Å². The molecule has 3 N–H and O–H groups in total. The Morgan fingerprint density at radius 3 is 2.14 bits per heavy atom. The van der Waals surface area contributed by atoms with Crippen molar-refractivity contribution in [1.29, 1.82) is 0 Å². The molecular weight excluding hydrogens is 561 g/mol. The number of thiocarbonyl (C=S) groups is 1. The largest absolute Gasteiger partial charge is 0.356 e. The highest BCUT2D eigenvalue weighted by Crippen LogP contribution is 2.19. The van der Waals surface area contributed by atoms with Crippen molar-refractivity contribution in [1.82, 2.24) is 5.32 Å². The number of carbonyl (C=O) groups excluding carboxylic acids is 1. The Kier molecular flexibility index (Phi) is 7.63. The summed E-state index contributed by atoms with van der Waals surface area (Å²) in [6.45, 7) is 2.06. The number of halogens is 2. The summed E-state index contributed by atoms with van der Waals surface area (Å²) in [6, 6.07) is 23.1. The van der Waals surface area contributed by atoms with E-state index in [0.29, 0.717) is 10.7 Å². The zero-order valence-corrected chi connectivity index (χ0v) is 20.1. The zero-order valence-electron chi connectivity index (χ0n) is 15.6. The van der Waals surface area contributed by atoms with Crippen LogP contribution in [-0.2, 0) is 0 Å². The van der Waals surface area contributed by atoms with Crippen molar-refractivity contribution in [3.05, 3.63) is 92.0 Å². The molecule has 0 bridgehead atoms. The van der Waals surface area contributed by atoms with E-state index in [1.165, 1.54) is 0 Å². The van der Waals surface area contributed by atoms with Gasteiger partial charge in [0.05, 0.1) is 11.6 Å². The molecule has 0 fully saturated rings. The van der Waals surface area contributed by atoms with Gasteiger partial charge in [-0.3, -0.25) is 4.79 Å². The maximum atomic E-state index is 12.4. The molecule has 3 rings (SSSR count). The molecule has 3 aromatic carbocycles. The highest BCUT2D eigenvalue weighted by molar-refractivity contribution is 14.1. The molecule has 0 saturated carbocycles. The van der Waals surface area contributed by atoms with Gasteiger partial charge in [0.1, 0.15) is 0 Å². The number of benzene rings is 3. The summed E-state index contributed by atoms with van der Waals surface area (Å²) in [4.78, 5) is 12.4. The summed E-state index contributed by atoms with van der Waals surface area (Å²) in [6.07, 6.45) is 0. The van der Waals surface area contributed by atoms with Crippen LogP contribution in [0.4, 0.5) is 11.4 Å². The van der Waals surface area contributed by atoms with Crippen LogP contribution in [0.3, 0.4) is 0 Å². The Morgan fingerprint density at radius 2 is 1.52 bits per heavy atom. The van der Waals surface area contributed by atoms with E-state index >= 15 is 0 Å². The van der Waals surface area contributed by atoms with E-state index in [2.05, 4.69) is 73.5 Å². The standard InChI is InChI=1S/C22H19BrIN3OS/c1-14(15-6-8-16(23)9-7-15)25-22(29)27-18-12-10-17(11-13-18)26-21(28)19-4-2-3-5-20(19)24/h2-14H,1H3,(H,26,28)(H2,25,27,29). The maximum Gasteiger partial charge on any atom is 0.256 e. The predicted octanol–water partition coefficient (Wildman–Crippen LogP) is 6.35. The zero-order chi connectivity index (χ0) is 20.8. The minimum Gasteiger partial charge on any atom is -0.356 e. The Labute approximate surface area is 197 Å². The van der Waals surface area contributed by atoms with E-state index in [1.54, 1.807) is 0 Å². The van der Waals surface area contributed by atoms with E-state index in [9.17, 15) is 4.79 Å². The van der Waals surface area contributed by atoms with Gasteiger partial charge >= 0.3 is 0 Å². The van der Waals surface area contributed by atoms with Crippen LogP contribution in [0, 0.1) is 3.57 Å². The van der Waals surface area contributed by atoms with Crippen LogP contribution in [0.2, 0.25) is 0 Å². The molecule has 0 heterocycles. The van der Waals surface area contributed by atoms with E-state index in [4.69, 9.17) is 12.2 Å². The molecule has 29 heavy (non-hydrogen) atoms. The molecule has 0 aliphatic carbocycles. The molecule has 0 radical (unpaired) electrons. The van der Waals surface area contributed by atoms with Crippen molar-refractivity contribution < 1.29 is 4.79 Å². The van der Waals surface area contributed by atoms with Crippen LogP contribution in [0.25, 0.3) is 0 Å². The number of anilines is 2. The van der Waals surface area contributed by atoms with Gasteiger partial charge in [-0.1, -0.05) is 40.2 Å². The van der Waals surface area contributed by atoms with Gasteiger partial charge < -0.3 is 16.0 Å². The lowest BCUT2D eigenvalue weighted by atomic mass is 10.1. The predicted molar refractivity (Wildman–Crippen MR) is 135 cm³/mol.